The quantitative estimate of drug-likeness (QED) is 0.675. The van der Waals surface area contributed by atoms with Gasteiger partial charge in [-0.1, -0.05) is 19.8 Å². The standard InChI is InChI=1S/C9H15NO/c1-2-3-4-5-8-6-7-11-9(8)10/h6-7H,2-5,10H2,1H3. The molecule has 0 aliphatic heterocycles. The second-order valence-corrected chi connectivity index (χ2v) is 2.77. The summed E-state index contributed by atoms with van der Waals surface area (Å²) in [6.07, 6.45) is 6.43. The second kappa shape index (κ2) is 4.06. The summed E-state index contributed by atoms with van der Waals surface area (Å²) in [5, 5.41) is 0. The molecule has 2 N–H and O–H groups in total. The Labute approximate surface area is 67.4 Å². The molecule has 0 atom stereocenters. The molecule has 0 spiro atoms. The van der Waals surface area contributed by atoms with Crippen molar-refractivity contribution in [3.05, 3.63) is 17.9 Å². The van der Waals surface area contributed by atoms with Gasteiger partial charge < -0.3 is 10.2 Å². The van der Waals surface area contributed by atoms with E-state index in [0.717, 1.165) is 12.0 Å². The van der Waals surface area contributed by atoms with Gasteiger partial charge in [-0.3, -0.25) is 0 Å². The van der Waals surface area contributed by atoms with Gasteiger partial charge in [-0.25, -0.2) is 0 Å². The average molecular weight is 153 g/mol. The lowest BCUT2D eigenvalue weighted by molar-refractivity contribution is 0.583. The maximum atomic E-state index is 5.56. The van der Waals surface area contributed by atoms with Gasteiger partial charge in [-0.05, 0) is 18.9 Å². The highest BCUT2D eigenvalue weighted by Gasteiger charge is 1.99. The SMILES string of the molecule is CCCCCc1ccoc1N. The Kier molecular flexibility index (Phi) is 3.02. The van der Waals surface area contributed by atoms with Crippen molar-refractivity contribution in [3.8, 4) is 0 Å². The first kappa shape index (κ1) is 8.18. The zero-order valence-corrected chi connectivity index (χ0v) is 6.97. The Morgan fingerprint density at radius 1 is 1.45 bits per heavy atom. The Bertz CT molecular complexity index is 205. The fourth-order valence-corrected chi connectivity index (χ4v) is 1.12. The van der Waals surface area contributed by atoms with Gasteiger partial charge >= 0.3 is 0 Å². The Morgan fingerprint density at radius 2 is 2.27 bits per heavy atom. The number of nitrogen functional groups attached to an aromatic ring is 1. The number of hydrogen-bond donors (Lipinski definition) is 1. The lowest BCUT2D eigenvalue weighted by atomic mass is 10.1. The summed E-state index contributed by atoms with van der Waals surface area (Å²) < 4.78 is 4.97. The molecule has 62 valence electrons. The molecular formula is C9H15NO. The molecule has 1 aromatic heterocycles. The predicted octanol–water partition coefficient (Wildman–Crippen LogP) is 2.59. The van der Waals surface area contributed by atoms with E-state index >= 15 is 0 Å². The minimum Gasteiger partial charge on any atom is -0.449 e. The zero-order chi connectivity index (χ0) is 8.10. The van der Waals surface area contributed by atoms with Crippen molar-refractivity contribution in [3.63, 3.8) is 0 Å². The largest absolute Gasteiger partial charge is 0.449 e. The van der Waals surface area contributed by atoms with E-state index in [-0.39, 0.29) is 0 Å². The van der Waals surface area contributed by atoms with Gasteiger partial charge in [0.1, 0.15) is 0 Å². The van der Waals surface area contributed by atoms with Gasteiger partial charge in [0.2, 0.25) is 0 Å². The number of aryl methyl sites for hydroxylation is 1. The van der Waals surface area contributed by atoms with Crippen LogP contribution in [0.5, 0.6) is 0 Å². The molecular weight excluding hydrogens is 138 g/mol. The van der Waals surface area contributed by atoms with Crippen molar-refractivity contribution in [1.29, 1.82) is 0 Å². The fourth-order valence-electron chi connectivity index (χ4n) is 1.12. The first-order valence-electron chi connectivity index (χ1n) is 4.16. The van der Waals surface area contributed by atoms with Crippen LogP contribution in [-0.2, 0) is 6.42 Å². The number of anilines is 1. The Hall–Kier alpha value is -0.920. The van der Waals surface area contributed by atoms with E-state index in [1.54, 1.807) is 6.26 Å². The van der Waals surface area contributed by atoms with Gasteiger partial charge in [0.25, 0.3) is 0 Å². The third-order valence-electron chi connectivity index (χ3n) is 1.83. The molecule has 0 fully saturated rings. The van der Waals surface area contributed by atoms with E-state index in [1.807, 2.05) is 6.07 Å². The van der Waals surface area contributed by atoms with Crippen LogP contribution in [0.15, 0.2) is 16.7 Å². The van der Waals surface area contributed by atoms with Crippen LogP contribution in [-0.4, -0.2) is 0 Å². The number of nitrogens with two attached hydrogens (primary N) is 1. The van der Waals surface area contributed by atoms with Crippen LogP contribution < -0.4 is 5.73 Å². The van der Waals surface area contributed by atoms with Crippen LogP contribution in [0.3, 0.4) is 0 Å². The van der Waals surface area contributed by atoms with Crippen molar-refractivity contribution in [2.75, 3.05) is 5.73 Å². The lowest BCUT2D eigenvalue weighted by Gasteiger charge is -1.96. The smallest absolute Gasteiger partial charge is 0.193 e. The van der Waals surface area contributed by atoms with Crippen molar-refractivity contribution in [2.24, 2.45) is 0 Å². The van der Waals surface area contributed by atoms with Crippen molar-refractivity contribution in [2.45, 2.75) is 32.6 Å². The van der Waals surface area contributed by atoms with Gasteiger partial charge in [-0.2, -0.15) is 0 Å². The summed E-state index contributed by atoms with van der Waals surface area (Å²) in [7, 11) is 0. The predicted molar refractivity (Wildman–Crippen MR) is 46.3 cm³/mol. The summed E-state index contributed by atoms with van der Waals surface area (Å²) in [5.74, 6) is 0.584. The molecule has 0 radical (unpaired) electrons. The normalized spacial score (nSPS) is 10.3. The molecule has 1 heterocycles. The monoisotopic (exact) mass is 153 g/mol. The molecule has 0 aliphatic carbocycles. The van der Waals surface area contributed by atoms with Crippen molar-refractivity contribution < 1.29 is 4.42 Å². The highest BCUT2D eigenvalue weighted by Crippen LogP contribution is 2.15. The van der Waals surface area contributed by atoms with Crippen LogP contribution in [0.1, 0.15) is 31.7 Å². The topological polar surface area (TPSA) is 39.2 Å². The molecule has 0 aliphatic rings. The molecule has 0 saturated carbocycles. The van der Waals surface area contributed by atoms with Gasteiger partial charge in [0.05, 0.1) is 6.26 Å². The second-order valence-electron chi connectivity index (χ2n) is 2.77. The molecule has 1 rings (SSSR count). The van der Waals surface area contributed by atoms with Crippen molar-refractivity contribution in [1.82, 2.24) is 0 Å². The van der Waals surface area contributed by atoms with E-state index in [2.05, 4.69) is 6.92 Å². The van der Waals surface area contributed by atoms with E-state index in [0.29, 0.717) is 5.88 Å². The molecule has 1 aromatic rings. The van der Waals surface area contributed by atoms with E-state index in [4.69, 9.17) is 10.2 Å². The van der Waals surface area contributed by atoms with Crippen LogP contribution in [0, 0.1) is 0 Å². The first-order chi connectivity index (χ1) is 5.34. The van der Waals surface area contributed by atoms with Gasteiger partial charge in [0, 0.05) is 5.56 Å². The number of hydrogen-bond acceptors (Lipinski definition) is 2. The Balaban J connectivity index is 2.32. The molecule has 2 heteroatoms. The van der Waals surface area contributed by atoms with Crippen molar-refractivity contribution >= 4 is 5.88 Å². The van der Waals surface area contributed by atoms with E-state index in [9.17, 15) is 0 Å². The average Bonchev–Trinajstić information content (AvgIpc) is 2.37. The molecule has 0 saturated heterocycles. The molecule has 11 heavy (non-hydrogen) atoms. The fraction of sp³-hybridized carbons (Fsp3) is 0.556. The number of rotatable bonds is 4. The zero-order valence-electron chi connectivity index (χ0n) is 6.97. The first-order valence-corrected chi connectivity index (χ1v) is 4.16. The number of unbranched alkanes of at least 4 members (excludes halogenated alkanes) is 2. The van der Waals surface area contributed by atoms with Gasteiger partial charge in [0.15, 0.2) is 5.88 Å². The van der Waals surface area contributed by atoms with Crippen LogP contribution in [0.25, 0.3) is 0 Å². The minimum atomic E-state index is 0.584. The lowest BCUT2D eigenvalue weighted by Crippen LogP contribution is -1.89. The maximum Gasteiger partial charge on any atom is 0.193 e. The van der Waals surface area contributed by atoms with Crippen LogP contribution in [0.4, 0.5) is 5.88 Å². The molecule has 0 bridgehead atoms. The van der Waals surface area contributed by atoms with E-state index < -0.39 is 0 Å². The molecule has 0 unspecified atom stereocenters. The third kappa shape index (κ3) is 2.30. The maximum absolute atomic E-state index is 5.56. The third-order valence-corrected chi connectivity index (χ3v) is 1.83. The molecule has 0 aromatic carbocycles. The minimum absolute atomic E-state index is 0.584. The number of furan rings is 1. The Morgan fingerprint density at radius 3 is 2.82 bits per heavy atom. The molecule has 0 amide bonds. The summed E-state index contributed by atoms with van der Waals surface area (Å²) in [6, 6.07) is 1.95. The molecule has 2 nitrogen and oxygen atoms in total. The summed E-state index contributed by atoms with van der Waals surface area (Å²) in [4.78, 5) is 0. The van der Waals surface area contributed by atoms with Crippen LogP contribution >= 0.6 is 0 Å². The van der Waals surface area contributed by atoms with E-state index in [1.165, 1.54) is 19.3 Å². The van der Waals surface area contributed by atoms with Crippen LogP contribution in [0.2, 0.25) is 0 Å². The highest BCUT2D eigenvalue weighted by molar-refractivity contribution is 5.35. The summed E-state index contributed by atoms with van der Waals surface area (Å²) >= 11 is 0. The van der Waals surface area contributed by atoms with Gasteiger partial charge in [-0.15, -0.1) is 0 Å². The summed E-state index contributed by atoms with van der Waals surface area (Å²) in [5.41, 5.74) is 6.71. The highest BCUT2D eigenvalue weighted by atomic mass is 16.3. The summed E-state index contributed by atoms with van der Waals surface area (Å²) in [6.45, 7) is 2.19.